The number of halogens is 2. The van der Waals surface area contributed by atoms with Crippen molar-refractivity contribution in [1.82, 2.24) is 9.21 Å². The smallest absolute Gasteiger partial charge is 0.414 e. The molecule has 0 unspecified atom stereocenters. The van der Waals surface area contributed by atoms with Crippen molar-refractivity contribution in [3.8, 4) is 0 Å². The normalized spacial score (nSPS) is 14.3. The van der Waals surface area contributed by atoms with E-state index in [1.54, 1.807) is 29.2 Å². The van der Waals surface area contributed by atoms with Gasteiger partial charge in [0.2, 0.25) is 10.0 Å². The maximum Gasteiger partial charge on any atom is 0.414 e. The highest BCUT2D eigenvalue weighted by atomic mass is 35.5. The van der Waals surface area contributed by atoms with Gasteiger partial charge >= 0.3 is 11.9 Å². The Labute approximate surface area is 182 Å². The summed E-state index contributed by atoms with van der Waals surface area (Å²) in [6.45, 7) is 0.940. The van der Waals surface area contributed by atoms with Crippen LogP contribution in [0.3, 0.4) is 0 Å². The number of carbonyl (C=O) groups is 3. The van der Waals surface area contributed by atoms with E-state index in [1.807, 2.05) is 0 Å². The number of hydrogen-bond donors (Lipinski definition) is 2. The zero-order valence-corrected chi connectivity index (χ0v) is 17.5. The number of carboxylic acids is 2. The fourth-order valence-corrected chi connectivity index (χ4v) is 4.30. The lowest BCUT2D eigenvalue weighted by Gasteiger charge is -2.34. The van der Waals surface area contributed by atoms with Gasteiger partial charge in [0.1, 0.15) is 5.82 Å². The van der Waals surface area contributed by atoms with Crippen LogP contribution in [0.1, 0.15) is 10.4 Å². The van der Waals surface area contributed by atoms with Gasteiger partial charge in [-0.2, -0.15) is 4.31 Å². The molecule has 9 nitrogen and oxygen atoms in total. The third kappa shape index (κ3) is 6.48. The number of carboxylic acid groups (broad SMARTS) is 2. The van der Waals surface area contributed by atoms with Gasteiger partial charge in [0, 0.05) is 36.8 Å². The average Bonchev–Trinajstić information content (AvgIpc) is 2.74. The summed E-state index contributed by atoms with van der Waals surface area (Å²) in [6, 6.07) is 11.4. The largest absolute Gasteiger partial charge is 0.473 e. The molecule has 1 fully saturated rings. The van der Waals surface area contributed by atoms with E-state index in [4.69, 9.17) is 31.4 Å². The lowest BCUT2D eigenvalue weighted by Crippen LogP contribution is -2.50. The van der Waals surface area contributed by atoms with Crippen molar-refractivity contribution in [1.29, 1.82) is 0 Å². The number of sulfonamides is 1. The molecule has 0 saturated carbocycles. The maximum absolute atomic E-state index is 13.0. The van der Waals surface area contributed by atoms with Crippen LogP contribution < -0.4 is 0 Å². The van der Waals surface area contributed by atoms with E-state index in [1.165, 1.54) is 16.4 Å². The predicted octanol–water partition coefficient (Wildman–Crippen LogP) is 1.78. The number of rotatable bonds is 3. The van der Waals surface area contributed by atoms with Gasteiger partial charge in [-0.3, -0.25) is 4.79 Å². The molecule has 1 aliphatic rings. The standard InChI is InChI=1S/C17H16ClFN2O3S.C2H2O4/c18-14-3-1-2-13(12-14)17(22)20-8-10-21(11-9-20)25(23,24)16-6-4-15(19)5-7-16;3-1(4)2(5)6/h1-7,12H,8-11H2;(H,3,4)(H,5,6). The predicted molar refractivity (Wildman–Crippen MR) is 108 cm³/mol. The van der Waals surface area contributed by atoms with Crippen molar-refractivity contribution in [2.45, 2.75) is 4.90 Å². The van der Waals surface area contributed by atoms with Crippen LogP contribution in [-0.2, 0) is 19.6 Å². The van der Waals surface area contributed by atoms with E-state index < -0.39 is 27.8 Å². The Morgan fingerprint density at radius 3 is 1.94 bits per heavy atom. The number of amides is 1. The Bertz CT molecular complexity index is 1060. The molecule has 1 aliphatic heterocycles. The summed E-state index contributed by atoms with van der Waals surface area (Å²) >= 11 is 5.90. The minimum absolute atomic E-state index is 0.0449. The second kappa shape index (κ2) is 10.3. The molecule has 1 heterocycles. The zero-order valence-electron chi connectivity index (χ0n) is 15.9. The second-order valence-electron chi connectivity index (χ2n) is 6.27. The van der Waals surface area contributed by atoms with Gasteiger partial charge in [0.25, 0.3) is 5.91 Å². The van der Waals surface area contributed by atoms with Crippen molar-refractivity contribution >= 4 is 39.5 Å². The molecule has 12 heteroatoms. The first-order valence-corrected chi connectivity index (χ1v) is 10.6. The molecule has 2 N–H and O–H groups in total. The minimum Gasteiger partial charge on any atom is -0.473 e. The Morgan fingerprint density at radius 1 is 0.903 bits per heavy atom. The van der Waals surface area contributed by atoms with Gasteiger partial charge in [-0.15, -0.1) is 0 Å². The highest BCUT2D eigenvalue weighted by Crippen LogP contribution is 2.19. The Kier molecular flexibility index (Phi) is 8.08. The van der Waals surface area contributed by atoms with Crippen molar-refractivity contribution in [3.63, 3.8) is 0 Å². The average molecular weight is 473 g/mol. The van der Waals surface area contributed by atoms with Crippen LogP contribution in [0.15, 0.2) is 53.4 Å². The highest BCUT2D eigenvalue weighted by Gasteiger charge is 2.30. The van der Waals surface area contributed by atoms with Crippen LogP contribution in [0.2, 0.25) is 5.02 Å². The molecule has 0 atom stereocenters. The van der Waals surface area contributed by atoms with Crippen LogP contribution in [0.4, 0.5) is 4.39 Å². The van der Waals surface area contributed by atoms with Crippen LogP contribution in [0.25, 0.3) is 0 Å². The van der Waals surface area contributed by atoms with Crippen LogP contribution in [-0.4, -0.2) is 71.9 Å². The summed E-state index contributed by atoms with van der Waals surface area (Å²) in [6.07, 6.45) is 0. The zero-order chi connectivity index (χ0) is 23.2. The third-order valence-corrected chi connectivity index (χ3v) is 6.38. The fraction of sp³-hybridized carbons (Fsp3) is 0.211. The lowest BCUT2D eigenvalue weighted by atomic mass is 10.2. The first-order valence-electron chi connectivity index (χ1n) is 8.79. The van der Waals surface area contributed by atoms with Crippen LogP contribution in [0.5, 0.6) is 0 Å². The van der Waals surface area contributed by atoms with Gasteiger partial charge in [0.05, 0.1) is 4.90 Å². The number of hydrogen-bond acceptors (Lipinski definition) is 5. The molecule has 166 valence electrons. The van der Waals surface area contributed by atoms with Gasteiger partial charge in [-0.1, -0.05) is 17.7 Å². The van der Waals surface area contributed by atoms with Gasteiger partial charge in [0.15, 0.2) is 0 Å². The van der Waals surface area contributed by atoms with Crippen LogP contribution >= 0.6 is 11.6 Å². The van der Waals surface area contributed by atoms with E-state index >= 15 is 0 Å². The Morgan fingerprint density at radius 2 is 1.45 bits per heavy atom. The SMILES string of the molecule is O=C(O)C(=O)O.O=C(c1cccc(Cl)c1)N1CCN(S(=O)(=O)c2ccc(F)cc2)CC1. The second-order valence-corrected chi connectivity index (χ2v) is 8.65. The number of benzene rings is 2. The number of carbonyl (C=O) groups excluding carboxylic acids is 1. The minimum atomic E-state index is -3.69. The fourth-order valence-electron chi connectivity index (χ4n) is 2.69. The third-order valence-electron chi connectivity index (χ3n) is 4.23. The molecule has 1 amide bonds. The summed E-state index contributed by atoms with van der Waals surface area (Å²) in [5.41, 5.74) is 0.474. The van der Waals surface area contributed by atoms with E-state index in [-0.39, 0.29) is 37.0 Å². The molecule has 3 rings (SSSR count). The summed E-state index contributed by atoms with van der Waals surface area (Å²) in [7, 11) is -3.69. The molecule has 0 bridgehead atoms. The molecule has 0 radical (unpaired) electrons. The number of nitrogens with zero attached hydrogens (tertiary/aromatic N) is 2. The van der Waals surface area contributed by atoms with Gasteiger partial charge < -0.3 is 15.1 Å². The molecule has 31 heavy (non-hydrogen) atoms. The summed E-state index contributed by atoms with van der Waals surface area (Å²) in [5, 5.41) is 15.3. The van der Waals surface area contributed by atoms with E-state index in [2.05, 4.69) is 0 Å². The highest BCUT2D eigenvalue weighted by molar-refractivity contribution is 7.89. The molecule has 0 spiro atoms. The molecular formula is C19H18ClFN2O7S. The first-order chi connectivity index (χ1) is 14.5. The number of piperazine rings is 1. The summed E-state index contributed by atoms with van der Waals surface area (Å²) in [4.78, 5) is 32.3. The molecule has 0 aliphatic carbocycles. The van der Waals surface area contributed by atoms with Crippen molar-refractivity contribution in [2.75, 3.05) is 26.2 Å². The van der Waals surface area contributed by atoms with Gasteiger partial charge in [-0.05, 0) is 42.5 Å². The first kappa shape index (κ1) is 24.3. The summed E-state index contributed by atoms with van der Waals surface area (Å²) in [5.74, 6) is -4.32. The topological polar surface area (TPSA) is 132 Å². The van der Waals surface area contributed by atoms with Crippen molar-refractivity contribution in [3.05, 3.63) is 64.9 Å². The van der Waals surface area contributed by atoms with Crippen molar-refractivity contribution in [2.24, 2.45) is 0 Å². The Balaban J connectivity index is 0.000000501. The number of aliphatic carboxylic acids is 2. The Hall–Kier alpha value is -3.02. The molecule has 0 aromatic heterocycles. The summed E-state index contributed by atoms with van der Waals surface area (Å²) < 4.78 is 39.4. The molecule has 2 aromatic carbocycles. The van der Waals surface area contributed by atoms with E-state index in [9.17, 15) is 17.6 Å². The monoisotopic (exact) mass is 472 g/mol. The quantitative estimate of drug-likeness (QED) is 0.650. The van der Waals surface area contributed by atoms with E-state index in [0.29, 0.717) is 10.6 Å². The van der Waals surface area contributed by atoms with Crippen molar-refractivity contribution < 1.29 is 37.4 Å². The molecule has 1 saturated heterocycles. The molecule has 2 aromatic rings. The van der Waals surface area contributed by atoms with Crippen LogP contribution in [0, 0.1) is 5.82 Å². The maximum atomic E-state index is 13.0. The van der Waals surface area contributed by atoms with Gasteiger partial charge in [-0.25, -0.2) is 22.4 Å². The molecular weight excluding hydrogens is 455 g/mol. The lowest BCUT2D eigenvalue weighted by molar-refractivity contribution is -0.159. The van der Waals surface area contributed by atoms with E-state index in [0.717, 1.165) is 12.1 Å².